The first-order valence-electron chi connectivity index (χ1n) is 6.20. The van der Waals surface area contributed by atoms with Crippen LogP contribution in [-0.2, 0) is 9.53 Å². The molecule has 108 valence electrons. The highest BCUT2D eigenvalue weighted by Crippen LogP contribution is 2.23. The molecule has 6 nitrogen and oxygen atoms in total. The SMILES string of the molecule is NCC1CCC(C(=O)Nc2cc(Cl)cc(C(=O)O)c2)O1. The van der Waals surface area contributed by atoms with Crippen LogP contribution in [0.3, 0.4) is 0 Å². The number of anilines is 1. The Morgan fingerprint density at radius 3 is 2.75 bits per heavy atom. The van der Waals surface area contributed by atoms with E-state index in [1.165, 1.54) is 18.2 Å². The van der Waals surface area contributed by atoms with Crippen LogP contribution in [0.15, 0.2) is 18.2 Å². The number of hydrogen-bond acceptors (Lipinski definition) is 4. The van der Waals surface area contributed by atoms with E-state index in [0.717, 1.165) is 6.42 Å². The molecular weight excluding hydrogens is 284 g/mol. The summed E-state index contributed by atoms with van der Waals surface area (Å²) < 4.78 is 5.47. The quantitative estimate of drug-likeness (QED) is 0.781. The predicted octanol–water partition coefficient (Wildman–Crippen LogP) is 1.48. The molecule has 1 fully saturated rings. The van der Waals surface area contributed by atoms with E-state index in [1.807, 2.05) is 0 Å². The second-order valence-corrected chi connectivity index (χ2v) is 5.02. The van der Waals surface area contributed by atoms with Crippen molar-refractivity contribution in [1.29, 1.82) is 0 Å². The largest absolute Gasteiger partial charge is 0.478 e. The molecule has 0 radical (unpaired) electrons. The van der Waals surface area contributed by atoms with Gasteiger partial charge in [-0.05, 0) is 31.0 Å². The van der Waals surface area contributed by atoms with Gasteiger partial charge in [-0.2, -0.15) is 0 Å². The third kappa shape index (κ3) is 3.47. The number of carbonyl (C=O) groups is 2. The van der Waals surface area contributed by atoms with Gasteiger partial charge in [0.1, 0.15) is 6.10 Å². The van der Waals surface area contributed by atoms with Crippen molar-refractivity contribution >= 4 is 29.2 Å². The van der Waals surface area contributed by atoms with Crippen molar-refractivity contribution in [2.75, 3.05) is 11.9 Å². The lowest BCUT2D eigenvalue weighted by molar-refractivity contribution is -0.126. The minimum atomic E-state index is -1.11. The van der Waals surface area contributed by atoms with Crippen LogP contribution in [0.25, 0.3) is 0 Å². The van der Waals surface area contributed by atoms with E-state index >= 15 is 0 Å². The van der Waals surface area contributed by atoms with Gasteiger partial charge in [-0.3, -0.25) is 4.79 Å². The van der Waals surface area contributed by atoms with Crippen molar-refractivity contribution in [2.45, 2.75) is 25.0 Å². The van der Waals surface area contributed by atoms with Crippen LogP contribution in [0.4, 0.5) is 5.69 Å². The molecule has 2 atom stereocenters. The summed E-state index contributed by atoms with van der Waals surface area (Å²) in [7, 11) is 0. The van der Waals surface area contributed by atoms with E-state index in [9.17, 15) is 9.59 Å². The van der Waals surface area contributed by atoms with Gasteiger partial charge < -0.3 is 20.9 Å². The minimum absolute atomic E-state index is 0.0139. The summed E-state index contributed by atoms with van der Waals surface area (Å²) in [6.07, 6.45) is 0.681. The number of hydrogen-bond donors (Lipinski definition) is 3. The first-order valence-corrected chi connectivity index (χ1v) is 6.57. The molecule has 0 saturated carbocycles. The molecule has 0 aliphatic carbocycles. The van der Waals surface area contributed by atoms with Crippen molar-refractivity contribution < 1.29 is 19.4 Å². The molecule has 7 heteroatoms. The fourth-order valence-electron chi connectivity index (χ4n) is 2.08. The zero-order chi connectivity index (χ0) is 14.7. The molecule has 0 bridgehead atoms. The number of nitrogens with two attached hydrogens (primary N) is 1. The fourth-order valence-corrected chi connectivity index (χ4v) is 2.32. The highest BCUT2D eigenvalue weighted by molar-refractivity contribution is 6.31. The van der Waals surface area contributed by atoms with Crippen LogP contribution in [0, 0.1) is 0 Å². The number of nitrogens with one attached hydrogen (secondary N) is 1. The average molecular weight is 299 g/mol. The van der Waals surface area contributed by atoms with Crippen LogP contribution in [0.2, 0.25) is 5.02 Å². The maximum Gasteiger partial charge on any atom is 0.335 e. The molecule has 0 spiro atoms. The van der Waals surface area contributed by atoms with Crippen LogP contribution < -0.4 is 11.1 Å². The van der Waals surface area contributed by atoms with Crippen molar-refractivity contribution in [3.8, 4) is 0 Å². The maximum absolute atomic E-state index is 12.0. The van der Waals surface area contributed by atoms with Crippen LogP contribution in [0.1, 0.15) is 23.2 Å². The lowest BCUT2D eigenvalue weighted by Crippen LogP contribution is -2.29. The van der Waals surface area contributed by atoms with E-state index in [1.54, 1.807) is 0 Å². The maximum atomic E-state index is 12.0. The number of halogens is 1. The number of carbonyl (C=O) groups excluding carboxylic acids is 1. The molecule has 1 saturated heterocycles. The van der Waals surface area contributed by atoms with Gasteiger partial charge >= 0.3 is 5.97 Å². The Hall–Kier alpha value is -1.63. The first-order chi connectivity index (χ1) is 9.49. The van der Waals surface area contributed by atoms with E-state index in [2.05, 4.69) is 5.32 Å². The molecule has 1 aromatic carbocycles. The molecule has 1 aliphatic heterocycles. The Balaban J connectivity index is 2.06. The number of rotatable bonds is 4. The molecule has 2 unspecified atom stereocenters. The smallest absolute Gasteiger partial charge is 0.335 e. The number of benzene rings is 1. The molecule has 2 rings (SSSR count). The van der Waals surface area contributed by atoms with Crippen molar-refractivity contribution in [2.24, 2.45) is 5.73 Å². The number of carboxylic acids is 1. The highest BCUT2D eigenvalue weighted by atomic mass is 35.5. The minimum Gasteiger partial charge on any atom is -0.478 e. The predicted molar refractivity (Wildman–Crippen MR) is 74.0 cm³/mol. The molecule has 1 heterocycles. The van der Waals surface area contributed by atoms with Crippen molar-refractivity contribution in [3.05, 3.63) is 28.8 Å². The molecule has 4 N–H and O–H groups in total. The van der Waals surface area contributed by atoms with Gasteiger partial charge in [-0.15, -0.1) is 0 Å². The molecular formula is C13H15ClN2O4. The van der Waals surface area contributed by atoms with Crippen LogP contribution in [0.5, 0.6) is 0 Å². The summed E-state index contributed by atoms with van der Waals surface area (Å²) in [4.78, 5) is 22.9. The average Bonchev–Trinajstić information content (AvgIpc) is 2.86. The second kappa shape index (κ2) is 6.21. The summed E-state index contributed by atoms with van der Waals surface area (Å²) >= 11 is 5.82. The number of aromatic carboxylic acids is 1. The highest BCUT2D eigenvalue weighted by Gasteiger charge is 2.29. The van der Waals surface area contributed by atoms with Crippen molar-refractivity contribution in [3.63, 3.8) is 0 Å². The summed E-state index contributed by atoms with van der Waals surface area (Å²) in [5.41, 5.74) is 5.83. The lowest BCUT2D eigenvalue weighted by Gasteiger charge is -2.13. The summed E-state index contributed by atoms with van der Waals surface area (Å²) in [5.74, 6) is -1.43. The number of ether oxygens (including phenoxy) is 1. The molecule has 20 heavy (non-hydrogen) atoms. The van der Waals surface area contributed by atoms with Gasteiger partial charge in [0.15, 0.2) is 0 Å². The van der Waals surface area contributed by atoms with Gasteiger partial charge in [-0.1, -0.05) is 11.6 Å². The summed E-state index contributed by atoms with van der Waals surface area (Å²) in [5, 5.41) is 11.8. The van der Waals surface area contributed by atoms with Gasteiger partial charge in [-0.25, -0.2) is 4.79 Å². The monoisotopic (exact) mass is 298 g/mol. The summed E-state index contributed by atoms with van der Waals surface area (Å²) in [6.45, 7) is 0.379. The third-order valence-electron chi connectivity index (χ3n) is 3.08. The standard InChI is InChI=1S/C13H15ClN2O4/c14-8-3-7(13(18)19)4-9(5-8)16-12(17)11-2-1-10(6-15)20-11/h3-5,10-11H,1-2,6,15H2,(H,16,17)(H,18,19). The number of carboxylic acid groups (broad SMARTS) is 1. The van der Waals surface area contributed by atoms with Crippen LogP contribution in [-0.4, -0.2) is 35.7 Å². The third-order valence-corrected chi connectivity index (χ3v) is 3.29. The van der Waals surface area contributed by atoms with Gasteiger partial charge in [0.25, 0.3) is 5.91 Å². The molecule has 1 amide bonds. The Labute approximate surface area is 120 Å². The van der Waals surface area contributed by atoms with Crippen molar-refractivity contribution in [1.82, 2.24) is 0 Å². The topological polar surface area (TPSA) is 102 Å². The Kier molecular flexibility index (Phi) is 4.59. The van der Waals surface area contributed by atoms with E-state index in [0.29, 0.717) is 18.7 Å². The number of amides is 1. The first kappa shape index (κ1) is 14.8. The van der Waals surface area contributed by atoms with Gasteiger partial charge in [0.2, 0.25) is 0 Å². The Bertz CT molecular complexity index is 535. The Morgan fingerprint density at radius 1 is 1.40 bits per heavy atom. The second-order valence-electron chi connectivity index (χ2n) is 4.58. The zero-order valence-corrected chi connectivity index (χ0v) is 11.4. The van der Waals surface area contributed by atoms with Crippen LogP contribution >= 0.6 is 11.6 Å². The van der Waals surface area contributed by atoms with E-state index in [-0.39, 0.29) is 22.6 Å². The lowest BCUT2D eigenvalue weighted by atomic mass is 10.1. The summed E-state index contributed by atoms with van der Waals surface area (Å²) in [6, 6.07) is 4.15. The van der Waals surface area contributed by atoms with Gasteiger partial charge in [0.05, 0.1) is 11.7 Å². The van der Waals surface area contributed by atoms with E-state index in [4.69, 9.17) is 27.2 Å². The molecule has 0 aromatic heterocycles. The van der Waals surface area contributed by atoms with E-state index < -0.39 is 12.1 Å². The molecule has 1 aliphatic rings. The Morgan fingerprint density at radius 2 is 2.15 bits per heavy atom. The normalized spacial score (nSPS) is 21.7. The zero-order valence-electron chi connectivity index (χ0n) is 10.6. The fraction of sp³-hybridized carbons (Fsp3) is 0.385. The molecule has 1 aromatic rings. The van der Waals surface area contributed by atoms with Gasteiger partial charge in [0, 0.05) is 17.3 Å².